The molecule has 1 aliphatic rings. The third-order valence-corrected chi connectivity index (χ3v) is 4.47. The first kappa shape index (κ1) is 21.1. The van der Waals surface area contributed by atoms with Crippen molar-refractivity contribution in [2.75, 3.05) is 26.3 Å². The fraction of sp³-hybridized carbons (Fsp3) is 0.619. The summed E-state index contributed by atoms with van der Waals surface area (Å²) in [5, 5.41) is 0. The van der Waals surface area contributed by atoms with E-state index < -0.39 is 11.5 Å². The number of likely N-dealkylation sites (tertiary alicyclic amines) is 1. The SMILES string of the molecule is CCOC(=O)C1CN(C(=O)OC(C)(C)C)CCC1c1ccc(OCC)cc1. The Kier molecular flexibility index (Phi) is 7.11. The minimum Gasteiger partial charge on any atom is -0.494 e. The Morgan fingerprint density at radius 3 is 2.33 bits per heavy atom. The molecule has 0 aliphatic carbocycles. The standard InChI is InChI=1S/C21H31NO5/c1-6-25-16-10-8-15(9-11-16)17-12-13-22(20(24)27-21(3,4)5)14-18(17)19(23)26-7-2/h8-11,17-18H,6-7,12-14H2,1-5H3. The van der Waals surface area contributed by atoms with E-state index in [4.69, 9.17) is 14.2 Å². The summed E-state index contributed by atoms with van der Waals surface area (Å²) >= 11 is 0. The number of carbonyl (C=O) groups is 2. The van der Waals surface area contributed by atoms with Gasteiger partial charge >= 0.3 is 12.1 Å². The van der Waals surface area contributed by atoms with Crippen molar-refractivity contribution in [3.05, 3.63) is 29.8 Å². The quantitative estimate of drug-likeness (QED) is 0.726. The normalized spacial score (nSPS) is 20.1. The molecule has 0 N–H and O–H groups in total. The molecule has 2 unspecified atom stereocenters. The molecule has 0 radical (unpaired) electrons. The van der Waals surface area contributed by atoms with Crippen LogP contribution in [0.15, 0.2) is 24.3 Å². The molecule has 6 heteroatoms. The molecular weight excluding hydrogens is 346 g/mol. The Morgan fingerprint density at radius 1 is 1.11 bits per heavy atom. The lowest BCUT2D eigenvalue weighted by Crippen LogP contribution is -2.47. The van der Waals surface area contributed by atoms with E-state index in [0.29, 0.717) is 32.7 Å². The fourth-order valence-corrected chi connectivity index (χ4v) is 3.31. The van der Waals surface area contributed by atoms with Gasteiger partial charge in [-0.3, -0.25) is 4.79 Å². The van der Waals surface area contributed by atoms with Crippen molar-refractivity contribution in [3.63, 3.8) is 0 Å². The third kappa shape index (κ3) is 5.88. The molecular formula is C21H31NO5. The molecule has 0 bridgehead atoms. The van der Waals surface area contributed by atoms with Crippen molar-refractivity contribution in [2.45, 2.75) is 52.6 Å². The number of hydrogen-bond acceptors (Lipinski definition) is 5. The van der Waals surface area contributed by atoms with Gasteiger partial charge in [0.2, 0.25) is 0 Å². The summed E-state index contributed by atoms with van der Waals surface area (Å²) in [5.74, 6) is 0.118. The van der Waals surface area contributed by atoms with Crippen LogP contribution in [0.25, 0.3) is 0 Å². The molecule has 0 saturated carbocycles. The summed E-state index contributed by atoms with van der Waals surface area (Å²) in [6, 6.07) is 7.82. The van der Waals surface area contributed by atoms with Gasteiger partial charge in [-0.1, -0.05) is 12.1 Å². The number of benzene rings is 1. The Balaban J connectivity index is 2.17. The van der Waals surface area contributed by atoms with Crippen LogP contribution in [0.3, 0.4) is 0 Å². The summed E-state index contributed by atoms with van der Waals surface area (Å²) in [6.07, 6.45) is 0.290. The summed E-state index contributed by atoms with van der Waals surface area (Å²) in [5.41, 5.74) is 0.489. The van der Waals surface area contributed by atoms with Crippen LogP contribution in [0.1, 0.15) is 52.5 Å². The van der Waals surface area contributed by atoms with Crippen molar-refractivity contribution in [1.82, 2.24) is 4.90 Å². The highest BCUT2D eigenvalue weighted by Gasteiger charge is 2.39. The lowest BCUT2D eigenvalue weighted by atomic mass is 9.80. The van der Waals surface area contributed by atoms with Gasteiger partial charge in [-0.2, -0.15) is 0 Å². The maximum absolute atomic E-state index is 12.6. The van der Waals surface area contributed by atoms with Gasteiger partial charge in [-0.05, 0) is 58.7 Å². The lowest BCUT2D eigenvalue weighted by molar-refractivity contribution is -0.150. The van der Waals surface area contributed by atoms with Crippen LogP contribution >= 0.6 is 0 Å². The number of ether oxygens (including phenoxy) is 3. The molecule has 1 aromatic rings. The first-order valence-electron chi connectivity index (χ1n) is 9.62. The predicted octanol–water partition coefficient (Wildman–Crippen LogP) is 3.99. The minimum absolute atomic E-state index is 0.00147. The van der Waals surface area contributed by atoms with Crippen LogP contribution in [-0.4, -0.2) is 48.9 Å². The van der Waals surface area contributed by atoms with Gasteiger partial charge in [0.25, 0.3) is 0 Å². The zero-order valence-corrected chi connectivity index (χ0v) is 17.0. The van der Waals surface area contributed by atoms with Gasteiger partial charge in [-0.15, -0.1) is 0 Å². The number of nitrogens with zero attached hydrogens (tertiary/aromatic N) is 1. The number of hydrogen-bond donors (Lipinski definition) is 0. The van der Waals surface area contributed by atoms with Crippen molar-refractivity contribution >= 4 is 12.1 Å². The second-order valence-corrected chi connectivity index (χ2v) is 7.68. The fourth-order valence-electron chi connectivity index (χ4n) is 3.31. The molecule has 1 amide bonds. The summed E-state index contributed by atoms with van der Waals surface area (Å²) in [4.78, 5) is 26.6. The van der Waals surface area contributed by atoms with Crippen molar-refractivity contribution in [1.29, 1.82) is 0 Å². The predicted molar refractivity (Wildman–Crippen MR) is 103 cm³/mol. The van der Waals surface area contributed by atoms with E-state index in [2.05, 4.69) is 0 Å². The average Bonchev–Trinajstić information content (AvgIpc) is 2.61. The minimum atomic E-state index is -0.567. The van der Waals surface area contributed by atoms with Crippen LogP contribution in [0.4, 0.5) is 4.79 Å². The van der Waals surface area contributed by atoms with E-state index in [1.165, 1.54) is 0 Å². The van der Waals surface area contributed by atoms with Gasteiger partial charge in [0.05, 0.1) is 19.1 Å². The summed E-state index contributed by atoms with van der Waals surface area (Å²) in [6.45, 7) is 11.0. The topological polar surface area (TPSA) is 65.1 Å². The molecule has 0 spiro atoms. The van der Waals surface area contributed by atoms with Crippen LogP contribution in [0.2, 0.25) is 0 Å². The zero-order chi connectivity index (χ0) is 20.0. The van der Waals surface area contributed by atoms with Crippen LogP contribution in [-0.2, 0) is 14.3 Å². The maximum atomic E-state index is 12.6. The molecule has 27 heavy (non-hydrogen) atoms. The molecule has 1 fully saturated rings. The Hall–Kier alpha value is -2.24. The van der Waals surface area contributed by atoms with Crippen LogP contribution < -0.4 is 4.74 Å². The Morgan fingerprint density at radius 2 is 1.78 bits per heavy atom. The molecule has 6 nitrogen and oxygen atoms in total. The van der Waals surface area contributed by atoms with Gasteiger partial charge in [0, 0.05) is 19.0 Å². The monoisotopic (exact) mass is 377 g/mol. The van der Waals surface area contributed by atoms with E-state index >= 15 is 0 Å². The van der Waals surface area contributed by atoms with Crippen molar-refractivity contribution in [2.24, 2.45) is 5.92 Å². The first-order valence-corrected chi connectivity index (χ1v) is 9.62. The van der Waals surface area contributed by atoms with Gasteiger partial charge in [0.1, 0.15) is 11.4 Å². The van der Waals surface area contributed by atoms with E-state index in [0.717, 1.165) is 11.3 Å². The smallest absolute Gasteiger partial charge is 0.410 e. The number of piperidine rings is 1. The van der Waals surface area contributed by atoms with E-state index in [9.17, 15) is 9.59 Å². The highest BCUT2D eigenvalue weighted by Crippen LogP contribution is 2.35. The number of esters is 1. The largest absolute Gasteiger partial charge is 0.494 e. The average molecular weight is 377 g/mol. The number of amides is 1. The third-order valence-electron chi connectivity index (χ3n) is 4.47. The lowest BCUT2D eigenvalue weighted by Gasteiger charge is -2.38. The second-order valence-electron chi connectivity index (χ2n) is 7.68. The molecule has 0 aromatic heterocycles. The van der Waals surface area contributed by atoms with Gasteiger partial charge in [0.15, 0.2) is 0 Å². The molecule has 2 rings (SSSR count). The van der Waals surface area contributed by atoms with Crippen LogP contribution in [0, 0.1) is 5.92 Å². The van der Waals surface area contributed by atoms with E-state index in [1.54, 1.807) is 11.8 Å². The summed E-state index contributed by atoms with van der Waals surface area (Å²) < 4.78 is 16.2. The molecule has 1 aliphatic heterocycles. The maximum Gasteiger partial charge on any atom is 0.410 e. The molecule has 1 aromatic carbocycles. The van der Waals surface area contributed by atoms with Gasteiger partial charge in [-0.25, -0.2) is 4.79 Å². The molecule has 1 saturated heterocycles. The highest BCUT2D eigenvalue weighted by atomic mass is 16.6. The number of carbonyl (C=O) groups excluding carboxylic acids is 2. The number of rotatable bonds is 5. The van der Waals surface area contributed by atoms with Gasteiger partial charge < -0.3 is 19.1 Å². The highest BCUT2D eigenvalue weighted by molar-refractivity contribution is 5.76. The van der Waals surface area contributed by atoms with E-state index in [1.807, 2.05) is 52.0 Å². The molecule has 1 heterocycles. The first-order chi connectivity index (χ1) is 12.7. The van der Waals surface area contributed by atoms with Crippen LogP contribution in [0.5, 0.6) is 5.75 Å². The zero-order valence-electron chi connectivity index (χ0n) is 17.0. The second kappa shape index (κ2) is 9.11. The van der Waals surface area contributed by atoms with Crippen molar-refractivity contribution in [3.8, 4) is 5.75 Å². The summed E-state index contributed by atoms with van der Waals surface area (Å²) in [7, 11) is 0. The van der Waals surface area contributed by atoms with Crippen molar-refractivity contribution < 1.29 is 23.8 Å². The van der Waals surface area contributed by atoms with E-state index in [-0.39, 0.29) is 18.0 Å². The molecule has 2 atom stereocenters. The Bertz CT molecular complexity index is 635. The Labute approximate surface area is 161 Å². The molecule has 150 valence electrons.